The summed E-state index contributed by atoms with van der Waals surface area (Å²) in [6.45, 7) is 4.25. The monoisotopic (exact) mass is 254 g/mol. The van der Waals surface area contributed by atoms with E-state index in [4.69, 9.17) is 5.26 Å². The third-order valence-electron chi connectivity index (χ3n) is 2.71. The van der Waals surface area contributed by atoms with Crippen molar-refractivity contribution in [1.82, 2.24) is 9.97 Å². The summed E-state index contributed by atoms with van der Waals surface area (Å²) < 4.78 is 0. The Morgan fingerprint density at radius 1 is 1.32 bits per heavy atom. The number of aromatic amines is 1. The molecule has 1 aromatic heterocycles. The third kappa shape index (κ3) is 3.19. The number of benzene rings is 1. The van der Waals surface area contributed by atoms with Gasteiger partial charge in [0.1, 0.15) is 17.6 Å². The lowest BCUT2D eigenvalue weighted by Gasteiger charge is -2.08. The number of rotatable bonds is 3. The number of nitriles is 1. The highest BCUT2D eigenvalue weighted by atomic mass is 16.1. The van der Waals surface area contributed by atoms with E-state index in [1.165, 1.54) is 11.6 Å². The van der Waals surface area contributed by atoms with Crippen molar-refractivity contribution >= 4 is 11.5 Å². The minimum Gasteiger partial charge on any atom is -0.340 e. The van der Waals surface area contributed by atoms with E-state index in [0.29, 0.717) is 11.7 Å². The lowest BCUT2D eigenvalue weighted by atomic mass is 10.0. The first kappa shape index (κ1) is 12.8. The standard InChI is InChI=1S/C14H14N4O/c1-9(2)10-3-5-11(6-4-10)16-13-7-12(8-15)17-14(19)18-13/h3-7,9H,1-2H3,(H2,16,17,18,19). The van der Waals surface area contributed by atoms with Gasteiger partial charge in [-0.2, -0.15) is 10.2 Å². The smallest absolute Gasteiger partial charge is 0.340 e. The van der Waals surface area contributed by atoms with E-state index in [1.54, 1.807) is 0 Å². The third-order valence-corrected chi connectivity index (χ3v) is 2.71. The summed E-state index contributed by atoms with van der Waals surface area (Å²) in [6.07, 6.45) is 0. The Labute approximate surface area is 110 Å². The van der Waals surface area contributed by atoms with Crippen molar-refractivity contribution < 1.29 is 0 Å². The number of aromatic nitrogens is 2. The average Bonchev–Trinajstić information content (AvgIpc) is 2.38. The number of hydrogen-bond acceptors (Lipinski definition) is 4. The first-order valence-electron chi connectivity index (χ1n) is 5.97. The van der Waals surface area contributed by atoms with Crippen LogP contribution in [0.3, 0.4) is 0 Å². The van der Waals surface area contributed by atoms with Gasteiger partial charge in [-0.15, -0.1) is 0 Å². The van der Waals surface area contributed by atoms with Gasteiger partial charge < -0.3 is 5.32 Å². The molecule has 19 heavy (non-hydrogen) atoms. The predicted octanol–water partition coefficient (Wildman–Crippen LogP) is 2.51. The van der Waals surface area contributed by atoms with Gasteiger partial charge in [-0.25, -0.2) is 4.79 Å². The largest absolute Gasteiger partial charge is 0.347 e. The van der Waals surface area contributed by atoms with Crippen LogP contribution in [0.2, 0.25) is 0 Å². The molecule has 96 valence electrons. The van der Waals surface area contributed by atoms with E-state index < -0.39 is 5.69 Å². The molecule has 0 radical (unpaired) electrons. The molecule has 5 nitrogen and oxygen atoms in total. The van der Waals surface area contributed by atoms with E-state index in [2.05, 4.69) is 29.1 Å². The molecule has 0 fully saturated rings. The Kier molecular flexibility index (Phi) is 3.62. The van der Waals surface area contributed by atoms with Gasteiger partial charge in [-0.05, 0) is 23.6 Å². The van der Waals surface area contributed by atoms with Gasteiger partial charge in [0.15, 0.2) is 0 Å². The van der Waals surface area contributed by atoms with Crippen LogP contribution in [-0.4, -0.2) is 9.97 Å². The average molecular weight is 254 g/mol. The minimum atomic E-state index is -0.541. The van der Waals surface area contributed by atoms with Crippen molar-refractivity contribution in [3.8, 4) is 6.07 Å². The molecule has 0 aliphatic rings. The predicted molar refractivity (Wildman–Crippen MR) is 73.4 cm³/mol. The number of anilines is 2. The number of hydrogen-bond donors (Lipinski definition) is 2. The molecule has 0 spiro atoms. The lowest BCUT2D eigenvalue weighted by Crippen LogP contribution is -2.13. The number of H-pyrrole nitrogens is 1. The molecule has 0 amide bonds. The molecular weight excluding hydrogens is 240 g/mol. The molecule has 0 saturated heterocycles. The zero-order chi connectivity index (χ0) is 13.8. The summed E-state index contributed by atoms with van der Waals surface area (Å²) in [4.78, 5) is 17.3. The number of nitrogens with one attached hydrogen (secondary N) is 2. The summed E-state index contributed by atoms with van der Waals surface area (Å²) in [5.41, 5.74) is 1.70. The van der Waals surface area contributed by atoms with Crippen LogP contribution in [0.5, 0.6) is 0 Å². The number of nitrogens with zero attached hydrogens (tertiary/aromatic N) is 2. The van der Waals surface area contributed by atoms with Crippen LogP contribution < -0.4 is 11.0 Å². The van der Waals surface area contributed by atoms with Crippen molar-refractivity contribution in [1.29, 1.82) is 5.26 Å². The molecule has 0 bridgehead atoms. The maximum Gasteiger partial charge on any atom is 0.347 e. The van der Waals surface area contributed by atoms with Crippen molar-refractivity contribution in [2.24, 2.45) is 0 Å². The molecule has 0 unspecified atom stereocenters. The SMILES string of the molecule is CC(C)c1ccc(Nc2cc(C#N)[nH]c(=O)n2)cc1. The second kappa shape index (κ2) is 5.36. The molecule has 2 N–H and O–H groups in total. The lowest BCUT2D eigenvalue weighted by molar-refractivity contribution is 0.867. The van der Waals surface area contributed by atoms with Crippen LogP contribution >= 0.6 is 0 Å². The molecule has 1 heterocycles. The van der Waals surface area contributed by atoms with Crippen LogP contribution in [0.1, 0.15) is 31.0 Å². The highest BCUT2D eigenvalue weighted by Crippen LogP contribution is 2.19. The van der Waals surface area contributed by atoms with E-state index in [-0.39, 0.29) is 5.69 Å². The fourth-order valence-electron chi connectivity index (χ4n) is 1.68. The van der Waals surface area contributed by atoms with Gasteiger partial charge in [0.05, 0.1) is 0 Å². The van der Waals surface area contributed by atoms with Crippen molar-refractivity contribution in [2.45, 2.75) is 19.8 Å². The van der Waals surface area contributed by atoms with Crippen molar-refractivity contribution in [2.75, 3.05) is 5.32 Å². The van der Waals surface area contributed by atoms with Crippen LogP contribution in [0.4, 0.5) is 11.5 Å². The van der Waals surface area contributed by atoms with Gasteiger partial charge in [0.25, 0.3) is 0 Å². The van der Waals surface area contributed by atoms with Gasteiger partial charge in [0, 0.05) is 11.8 Å². The summed E-state index contributed by atoms with van der Waals surface area (Å²) in [6, 6.07) is 11.3. The first-order chi connectivity index (χ1) is 9.08. The highest BCUT2D eigenvalue weighted by molar-refractivity contribution is 5.57. The van der Waals surface area contributed by atoms with E-state index >= 15 is 0 Å². The molecule has 1 aromatic carbocycles. The van der Waals surface area contributed by atoms with E-state index in [0.717, 1.165) is 5.69 Å². The maximum atomic E-state index is 11.2. The molecule has 0 aliphatic carbocycles. The topological polar surface area (TPSA) is 81.6 Å². The summed E-state index contributed by atoms with van der Waals surface area (Å²) >= 11 is 0. The normalized spacial score (nSPS) is 10.2. The molecule has 0 saturated carbocycles. The quantitative estimate of drug-likeness (QED) is 0.881. The molecule has 5 heteroatoms. The first-order valence-corrected chi connectivity index (χ1v) is 5.97. The summed E-state index contributed by atoms with van der Waals surface area (Å²) in [5.74, 6) is 0.828. The fraction of sp³-hybridized carbons (Fsp3) is 0.214. The van der Waals surface area contributed by atoms with Gasteiger partial charge in [0.2, 0.25) is 0 Å². The van der Waals surface area contributed by atoms with Gasteiger partial charge >= 0.3 is 5.69 Å². The molecule has 0 aliphatic heterocycles. The highest BCUT2D eigenvalue weighted by Gasteiger charge is 2.02. The molecule has 0 atom stereocenters. The van der Waals surface area contributed by atoms with Crippen molar-refractivity contribution in [3.05, 3.63) is 52.1 Å². The molecule has 2 rings (SSSR count). The Balaban J connectivity index is 2.24. The fourth-order valence-corrected chi connectivity index (χ4v) is 1.68. The Morgan fingerprint density at radius 2 is 2.00 bits per heavy atom. The van der Waals surface area contributed by atoms with Crippen LogP contribution in [0.15, 0.2) is 35.1 Å². The second-order valence-electron chi connectivity index (χ2n) is 4.50. The molecular formula is C14H14N4O. The summed E-state index contributed by atoms with van der Waals surface area (Å²) in [5, 5.41) is 11.8. The maximum absolute atomic E-state index is 11.2. The van der Waals surface area contributed by atoms with Crippen molar-refractivity contribution in [3.63, 3.8) is 0 Å². The van der Waals surface area contributed by atoms with Crippen LogP contribution in [0, 0.1) is 11.3 Å². The summed E-state index contributed by atoms with van der Waals surface area (Å²) in [7, 11) is 0. The van der Waals surface area contributed by atoms with E-state index in [1.807, 2.05) is 30.3 Å². The van der Waals surface area contributed by atoms with Gasteiger partial charge in [-0.1, -0.05) is 26.0 Å². The zero-order valence-electron chi connectivity index (χ0n) is 10.8. The van der Waals surface area contributed by atoms with Crippen LogP contribution in [0.25, 0.3) is 0 Å². The van der Waals surface area contributed by atoms with Gasteiger partial charge in [-0.3, -0.25) is 4.98 Å². The Bertz CT molecular complexity index is 665. The molecule has 2 aromatic rings. The van der Waals surface area contributed by atoms with Crippen LogP contribution in [-0.2, 0) is 0 Å². The second-order valence-corrected chi connectivity index (χ2v) is 4.50. The zero-order valence-corrected chi connectivity index (χ0v) is 10.8. The minimum absolute atomic E-state index is 0.182. The van der Waals surface area contributed by atoms with E-state index in [9.17, 15) is 4.79 Å². The Hall–Kier alpha value is -2.61. The Morgan fingerprint density at radius 3 is 2.58 bits per heavy atom.